The van der Waals surface area contributed by atoms with E-state index in [4.69, 9.17) is 9.47 Å². The molecule has 0 unspecified atom stereocenters. The molecule has 3 heterocycles. The van der Waals surface area contributed by atoms with Crippen molar-refractivity contribution in [1.82, 2.24) is 40.5 Å². The third kappa shape index (κ3) is 7.98. The van der Waals surface area contributed by atoms with Crippen molar-refractivity contribution in [3.8, 4) is 11.4 Å². The van der Waals surface area contributed by atoms with Crippen molar-refractivity contribution in [2.24, 2.45) is 5.92 Å². The van der Waals surface area contributed by atoms with Crippen LogP contribution in [0, 0.1) is 5.92 Å². The predicted molar refractivity (Wildman–Crippen MR) is 189 cm³/mol. The van der Waals surface area contributed by atoms with Crippen molar-refractivity contribution in [1.29, 1.82) is 0 Å². The first-order valence-corrected chi connectivity index (χ1v) is 19.4. The van der Waals surface area contributed by atoms with Crippen molar-refractivity contribution in [3.05, 3.63) is 48.3 Å². The third-order valence-corrected chi connectivity index (χ3v) is 11.9. The Morgan fingerprint density at radius 1 is 1.21 bits per heavy atom. The summed E-state index contributed by atoms with van der Waals surface area (Å²) >= 11 is 0. The van der Waals surface area contributed by atoms with Crippen molar-refractivity contribution < 1.29 is 37.1 Å². The van der Waals surface area contributed by atoms with Gasteiger partial charge in [0.2, 0.25) is 21.8 Å². The second-order valence-corrected chi connectivity index (χ2v) is 15.8. The molecule has 0 radical (unpaired) electrons. The summed E-state index contributed by atoms with van der Waals surface area (Å²) in [5.74, 6) is -2.07. The zero-order valence-electron chi connectivity index (χ0n) is 29.5. The number of amides is 4. The minimum Gasteiger partial charge on any atom is -0.496 e. The summed E-state index contributed by atoms with van der Waals surface area (Å²) in [5, 5.41) is 18.1. The van der Waals surface area contributed by atoms with E-state index in [9.17, 15) is 27.6 Å². The number of benzene rings is 1. The summed E-state index contributed by atoms with van der Waals surface area (Å²) < 4.78 is 38.4. The highest BCUT2D eigenvalue weighted by Gasteiger charge is 2.62. The van der Waals surface area contributed by atoms with Gasteiger partial charge < -0.3 is 25.0 Å². The third-order valence-electron chi connectivity index (χ3n) is 10.1. The van der Waals surface area contributed by atoms with Crippen LogP contribution in [0.4, 0.5) is 4.79 Å². The van der Waals surface area contributed by atoms with Crippen LogP contribution in [-0.2, 0) is 29.1 Å². The molecular formula is C35H46N8O8S. The fraction of sp³-hybridized carbons (Fsp3) is 0.571. The Hall–Kier alpha value is -4.80. The van der Waals surface area contributed by atoms with Crippen LogP contribution in [-0.4, -0.2) is 100 Å². The van der Waals surface area contributed by atoms with Gasteiger partial charge in [0.25, 0.3) is 5.91 Å². The van der Waals surface area contributed by atoms with Crippen LogP contribution in [0.3, 0.4) is 0 Å². The van der Waals surface area contributed by atoms with Gasteiger partial charge in [-0.05, 0) is 81.2 Å². The van der Waals surface area contributed by atoms with Crippen LogP contribution in [0.25, 0.3) is 11.8 Å². The van der Waals surface area contributed by atoms with Crippen molar-refractivity contribution in [3.63, 3.8) is 0 Å². The Kier molecular flexibility index (Phi) is 11.0. The molecule has 5 atom stereocenters. The molecule has 280 valence electrons. The van der Waals surface area contributed by atoms with E-state index in [1.165, 1.54) is 15.8 Å². The lowest BCUT2D eigenvalue weighted by Gasteiger charge is -2.29. The summed E-state index contributed by atoms with van der Waals surface area (Å²) in [7, 11) is -2.29. The Morgan fingerprint density at radius 3 is 2.73 bits per heavy atom. The lowest BCUT2D eigenvalue weighted by atomic mass is 10.0. The number of ether oxygens (including phenoxy) is 2. The molecule has 1 aromatic heterocycles. The number of tetrazole rings is 1. The lowest BCUT2D eigenvalue weighted by molar-refractivity contribution is -0.141. The van der Waals surface area contributed by atoms with Crippen LogP contribution in [0.2, 0.25) is 0 Å². The largest absolute Gasteiger partial charge is 0.496 e. The molecule has 4 amide bonds. The van der Waals surface area contributed by atoms with Gasteiger partial charge in [-0.1, -0.05) is 31.6 Å². The minimum absolute atomic E-state index is 0.0241. The number of nitrogens with one attached hydrogen (secondary N) is 3. The van der Waals surface area contributed by atoms with E-state index in [2.05, 4.69) is 43.4 Å². The standard InChI is InChI=1S/C35H46N8O8S/c1-4-11-27-32(45)42-21-23(19-28(42)31(44)37-35(20-24(35)5-2)33(46)40-52(48,49)26-14-15-26)30-38-41-43(39-30)25-13-16-29(50-3)22(18-25)12-9-7-6-8-10-17-51-34(47)36-27/h5,9,12-13,16,18,23-24,26-28H,2,4,6-8,10-11,14-15,17,19-21H2,1,3H3,(H,36,47)(H,37,44)(H,40,46)/b12-9+/t23-,24+,27-,28+,35+/m1/s1. The molecule has 16 nitrogen and oxygen atoms in total. The minimum atomic E-state index is -3.89. The van der Waals surface area contributed by atoms with Gasteiger partial charge >= 0.3 is 6.09 Å². The van der Waals surface area contributed by atoms with Crippen LogP contribution in [0.15, 0.2) is 36.9 Å². The van der Waals surface area contributed by atoms with Gasteiger partial charge in [0.15, 0.2) is 5.82 Å². The molecule has 2 aliphatic carbocycles. The molecule has 3 fully saturated rings. The van der Waals surface area contributed by atoms with E-state index in [1.54, 1.807) is 13.2 Å². The zero-order valence-corrected chi connectivity index (χ0v) is 30.3. The predicted octanol–water partition coefficient (Wildman–Crippen LogP) is 2.51. The van der Waals surface area contributed by atoms with E-state index in [0.29, 0.717) is 42.9 Å². The lowest BCUT2D eigenvalue weighted by Crippen LogP contribution is -2.58. The van der Waals surface area contributed by atoms with E-state index in [0.717, 1.165) is 24.8 Å². The van der Waals surface area contributed by atoms with Crippen molar-refractivity contribution in [2.45, 2.75) is 99.9 Å². The highest BCUT2D eigenvalue weighted by atomic mass is 32.2. The molecule has 2 saturated carbocycles. The van der Waals surface area contributed by atoms with Gasteiger partial charge in [0.1, 0.15) is 23.4 Å². The summed E-state index contributed by atoms with van der Waals surface area (Å²) in [4.78, 5) is 57.4. The van der Waals surface area contributed by atoms with Crippen molar-refractivity contribution in [2.75, 3.05) is 20.3 Å². The van der Waals surface area contributed by atoms with Crippen molar-refractivity contribution >= 4 is 39.9 Å². The van der Waals surface area contributed by atoms with E-state index >= 15 is 0 Å². The molecule has 1 aromatic carbocycles. The van der Waals surface area contributed by atoms with Gasteiger partial charge in [0, 0.05) is 23.9 Å². The number of alkyl carbamates (subject to hydrolysis) is 1. The number of methoxy groups -OCH3 is 1. The summed E-state index contributed by atoms with van der Waals surface area (Å²) in [6.07, 6.45) is 9.94. The first-order valence-electron chi connectivity index (χ1n) is 17.9. The van der Waals surface area contributed by atoms with E-state index < -0.39 is 68.5 Å². The summed E-state index contributed by atoms with van der Waals surface area (Å²) in [6.45, 7) is 5.84. The molecule has 52 heavy (non-hydrogen) atoms. The molecule has 1 saturated heterocycles. The number of carbonyl (C=O) groups excluding carboxylic acids is 4. The average Bonchev–Trinajstić information content (AvgIpc) is 4.00. The maximum absolute atomic E-state index is 14.2. The molecule has 0 spiro atoms. The van der Waals surface area contributed by atoms with Gasteiger partial charge in [0.05, 0.1) is 24.7 Å². The first-order chi connectivity index (χ1) is 25.0. The number of hydrogen-bond donors (Lipinski definition) is 3. The first kappa shape index (κ1) is 37.0. The van der Waals surface area contributed by atoms with Crippen LogP contribution in [0.1, 0.15) is 88.4 Å². The maximum Gasteiger partial charge on any atom is 0.407 e. The Labute approximate surface area is 302 Å². The number of aromatic nitrogens is 4. The summed E-state index contributed by atoms with van der Waals surface area (Å²) in [6, 6.07) is 3.40. The summed E-state index contributed by atoms with van der Waals surface area (Å²) in [5.41, 5.74) is -0.0865. The highest BCUT2D eigenvalue weighted by Crippen LogP contribution is 2.46. The van der Waals surface area contributed by atoms with E-state index in [-0.39, 0.29) is 32.4 Å². The number of fused-ring (bicyclic) bond motifs is 8. The topological polar surface area (TPSA) is 204 Å². The second-order valence-electron chi connectivity index (χ2n) is 13.9. The number of rotatable bonds is 9. The normalized spacial score (nSPS) is 27.3. The number of cyclic esters (lactones) is 1. The fourth-order valence-electron chi connectivity index (χ4n) is 6.85. The quantitative estimate of drug-likeness (QED) is 0.319. The van der Waals surface area contributed by atoms with Crippen LogP contribution >= 0.6 is 0 Å². The van der Waals surface area contributed by atoms with Crippen LogP contribution < -0.4 is 20.1 Å². The van der Waals surface area contributed by atoms with Gasteiger partial charge in [-0.2, -0.15) is 0 Å². The molecular weight excluding hydrogens is 693 g/mol. The second kappa shape index (κ2) is 15.4. The maximum atomic E-state index is 14.2. The van der Waals surface area contributed by atoms with Gasteiger partial charge in [-0.15, -0.1) is 21.6 Å². The highest BCUT2D eigenvalue weighted by molar-refractivity contribution is 7.91. The molecule has 3 N–H and O–H groups in total. The van der Waals surface area contributed by atoms with Crippen LogP contribution in [0.5, 0.6) is 5.75 Å². The molecule has 6 bridgehead atoms. The number of carbonyl (C=O) groups is 4. The molecule has 2 aliphatic heterocycles. The number of allylic oxidation sites excluding steroid dienone is 1. The molecule has 4 aliphatic rings. The zero-order chi connectivity index (χ0) is 37.0. The van der Waals surface area contributed by atoms with Gasteiger partial charge in [-0.3, -0.25) is 19.1 Å². The number of hydrogen-bond acceptors (Lipinski definition) is 11. The SMILES string of the molecule is C=C[C@H]1C[C@@]1(NC(=O)[C@@H]1C[C@@H]2CN1C(=O)[C@@H](CCC)NC(=O)OCCCCC/C=C/c1cc(ccc1OC)-n1nnc2n1)C(=O)NS(=O)(=O)C1CC1. The number of nitrogens with zero attached hydrogens (tertiary/aromatic N) is 5. The monoisotopic (exact) mass is 738 g/mol. The van der Waals surface area contributed by atoms with Gasteiger partial charge in [-0.25, -0.2) is 13.2 Å². The Balaban J connectivity index is 1.31. The molecule has 17 heteroatoms. The van der Waals surface area contributed by atoms with E-state index in [1.807, 2.05) is 25.1 Å². The number of sulfonamides is 1. The smallest absolute Gasteiger partial charge is 0.407 e. The molecule has 2 aromatic rings. The Morgan fingerprint density at radius 2 is 2.02 bits per heavy atom. The molecule has 6 rings (SSSR count). The average molecular weight is 739 g/mol. The Bertz CT molecular complexity index is 1840. The fourth-order valence-corrected chi connectivity index (χ4v) is 8.22.